The molecule has 1 aromatic rings. The van der Waals surface area contributed by atoms with Crippen LogP contribution in [0.2, 0.25) is 0 Å². The number of carbonyl (C=O) groups excluding carboxylic acids is 2. The number of hydrogen-bond acceptors (Lipinski definition) is 2. The van der Waals surface area contributed by atoms with Gasteiger partial charge >= 0.3 is 18.0 Å². The van der Waals surface area contributed by atoms with Crippen LogP contribution in [-0.2, 0) is 15.8 Å². The predicted octanol–water partition coefficient (Wildman–Crippen LogP) is 3.44. The van der Waals surface area contributed by atoms with Gasteiger partial charge in [0.15, 0.2) is 0 Å². The van der Waals surface area contributed by atoms with Crippen LogP contribution in [0.5, 0.6) is 0 Å². The average Bonchev–Trinajstić information content (AvgIpc) is 2.53. The van der Waals surface area contributed by atoms with Crippen LogP contribution >= 0.6 is 0 Å². The van der Waals surface area contributed by atoms with E-state index in [4.69, 9.17) is 0 Å². The number of nitrogens with one attached hydrogen (secondary N) is 1. The van der Waals surface area contributed by atoms with Gasteiger partial charge in [-0.3, -0.25) is 9.59 Å². The third-order valence-electron chi connectivity index (χ3n) is 4.02. The molecule has 1 aromatic carbocycles. The molecule has 0 aliphatic carbocycles. The van der Waals surface area contributed by atoms with E-state index in [9.17, 15) is 22.8 Å². The summed E-state index contributed by atoms with van der Waals surface area (Å²) in [6.45, 7) is 2.50. The maximum atomic E-state index is 12.5. The van der Waals surface area contributed by atoms with Gasteiger partial charge in [-0.15, -0.1) is 0 Å². The van der Waals surface area contributed by atoms with Crippen molar-refractivity contribution in [2.45, 2.75) is 44.8 Å². The zero-order valence-corrected chi connectivity index (χ0v) is 12.8. The van der Waals surface area contributed by atoms with Crippen molar-refractivity contribution in [2.75, 3.05) is 11.9 Å². The average molecular weight is 328 g/mol. The van der Waals surface area contributed by atoms with Crippen LogP contribution in [-0.4, -0.2) is 29.3 Å². The number of likely N-dealkylation sites (tertiary alicyclic amines) is 1. The minimum atomic E-state index is -4.43. The molecule has 1 saturated heterocycles. The molecule has 1 unspecified atom stereocenters. The number of nitrogens with zero attached hydrogens (tertiary/aromatic N) is 1. The van der Waals surface area contributed by atoms with E-state index in [1.807, 2.05) is 6.92 Å². The quantitative estimate of drug-likeness (QED) is 0.846. The van der Waals surface area contributed by atoms with Crippen LogP contribution in [0.25, 0.3) is 0 Å². The predicted molar refractivity (Wildman–Crippen MR) is 79.7 cm³/mol. The summed E-state index contributed by atoms with van der Waals surface area (Å²) >= 11 is 0. The van der Waals surface area contributed by atoms with Gasteiger partial charge in [-0.2, -0.15) is 13.2 Å². The van der Waals surface area contributed by atoms with Gasteiger partial charge in [-0.25, -0.2) is 0 Å². The Hall–Kier alpha value is -2.05. The highest BCUT2D eigenvalue weighted by molar-refractivity contribution is 6.39. The number of carbonyl (C=O) groups is 2. The number of rotatable bonds is 2. The lowest BCUT2D eigenvalue weighted by atomic mass is 10.00. The van der Waals surface area contributed by atoms with Crippen molar-refractivity contribution in [3.63, 3.8) is 0 Å². The van der Waals surface area contributed by atoms with E-state index in [0.717, 1.165) is 49.9 Å². The van der Waals surface area contributed by atoms with Crippen molar-refractivity contribution in [3.8, 4) is 0 Å². The van der Waals surface area contributed by atoms with Crippen LogP contribution < -0.4 is 5.32 Å². The maximum absolute atomic E-state index is 12.5. The molecule has 1 N–H and O–H groups in total. The van der Waals surface area contributed by atoms with E-state index in [1.165, 1.54) is 0 Å². The van der Waals surface area contributed by atoms with Crippen molar-refractivity contribution < 1.29 is 22.8 Å². The number of halogens is 3. The van der Waals surface area contributed by atoms with Crippen LogP contribution in [0.4, 0.5) is 18.9 Å². The third kappa shape index (κ3) is 4.24. The SMILES string of the molecule is CCC1CCCCN1C(=O)C(=O)Nc1ccc(C(F)(F)F)cc1. The van der Waals surface area contributed by atoms with Crippen LogP contribution in [0.3, 0.4) is 0 Å². The van der Waals surface area contributed by atoms with Gasteiger partial charge in [0.2, 0.25) is 0 Å². The first-order valence-corrected chi connectivity index (χ1v) is 7.62. The van der Waals surface area contributed by atoms with Gasteiger partial charge in [0, 0.05) is 18.3 Å². The molecule has 0 spiro atoms. The fourth-order valence-corrected chi connectivity index (χ4v) is 2.75. The minimum absolute atomic E-state index is 0.0506. The van der Waals surface area contributed by atoms with Gasteiger partial charge in [0.1, 0.15) is 0 Å². The second-order valence-corrected chi connectivity index (χ2v) is 5.59. The summed E-state index contributed by atoms with van der Waals surface area (Å²) in [7, 11) is 0. The van der Waals surface area contributed by atoms with E-state index in [2.05, 4.69) is 5.32 Å². The molecule has 126 valence electrons. The van der Waals surface area contributed by atoms with Crippen LogP contribution in [0.15, 0.2) is 24.3 Å². The molecule has 0 aromatic heterocycles. The molecule has 0 radical (unpaired) electrons. The lowest BCUT2D eigenvalue weighted by molar-refractivity contribution is -0.145. The summed E-state index contributed by atoms with van der Waals surface area (Å²) < 4.78 is 37.5. The first-order valence-electron chi connectivity index (χ1n) is 7.62. The van der Waals surface area contributed by atoms with Gasteiger partial charge in [0.05, 0.1) is 5.56 Å². The molecule has 23 heavy (non-hydrogen) atoms. The van der Waals surface area contributed by atoms with Gasteiger partial charge in [-0.05, 0) is 49.9 Å². The third-order valence-corrected chi connectivity index (χ3v) is 4.02. The Kier molecular flexibility index (Phi) is 5.28. The molecule has 1 fully saturated rings. The number of amides is 2. The fourth-order valence-electron chi connectivity index (χ4n) is 2.75. The normalized spacial score (nSPS) is 18.6. The Bertz CT molecular complexity index is 570. The molecule has 2 amide bonds. The van der Waals surface area contributed by atoms with Crippen molar-refractivity contribution in [2.24, 2.45) is 0 Å². The Morgan fingerprint density at radius 1 is 1.22 bits per heavy atom. The van der Waals surface area contributed by atoms with E-state index in [0.29, 0.717) is 6.54 Å². The molecule has 0 bridgehead atoms. The summed E-state index contributed by atoms with van der Waals surface area (Å²) in [6.07, 6.45) is -0.895. The molecule has 4 nitrogen and oxygen atoms in total. The molecule has 0 saturated carbocycles. The van der Waals surface area contributed by atoms with E-state index in [1.54, 1.807) is 4.90 Å². The highest BCUT2D eigenvalue weighted by Gasteiger charge is 2.31. The number of anilines is 1. The van der Waals surface area contributed by atoms with E-state index >= 15 is 0 Å². The molecular formula is C16H19F3N2O2. The maximum Gasteiger partial charge on any atom is 0.416 e. The fraction of sp³-hybridized carbons (Fsp3) is 0.500. The monoisotopic (exact) mass is 328 g/mol. The number of hydrogen-bond donors (Lipinski definition) is 1. The number of benzene rings is 1. The van der Waals surface area contributed by atoms with Crippen molar-refractivity contribution in [1.29, 1.82) is 0 Å². The molecule has 7 heteroatoms. The first kappa shape index (κ1) is 17.3. The number of piperidine rings is 1. The number of alkyl halides is 3. The molecule has 1 aliphatic rings. The Morgan fingerprint density at radius 2 is 1.87 bits per heavy atom. The van der Waals surface area contributed by atoms with Crippen molar-refractivity contribution >= 4 is 17.5 Å². The zero-order valence-electron chi connectivity index (χ0n) is 12.8. The summed E-state index contributed by atoms with van der Waals surface area (Å²) in [4.78, 5) is 25.8. The summed E-state index contributed by atoms with van der Waals surface area (Å²) in [5, 5.41) is 2.36. The lowest BCUT2D eigenvalue weighted by Crippen LogP contribution is -2.48. The van der Waals surface area contributed by atoms with E-state index in [-0.39, 0.29) is 11.7 Å². The second-order valence-electron chi connectivity index (χ2n) is 5.59. The van der Waals surface area contributed by atoms with E-state index < -0.39 is 23.6 Å². The molecule has 1 heterocycles. The lowest BCUT2D eigenvalue weighted by Gasteiger charge is -2.34. The highest BCUT2D eigenvalue weighted by Crippen LogP contribution is 2.29. The minimum Gasteiger partial charge on any atom is -0.331 e. The summed E-state index contributed by atoms with van der Waals surface area (Å²) in [5.41, 5.74) is -0.634. The first-order chi connectivity index (χ1) is 10.8. The zero-order chi connectivity index (χ0) is 17.0. The summed E-state index contributed by atoms with van der Waals surface area (Å²) in [6, 6.07) is 4.07. The Balaban J connectivity index is 2.02. The summed E-state index contributed by atoms with van der Waals surface area (Å²) in [5.74, 6) is -1.44. The Morgan fingerprint density at radius 3 is 2.43 bits per heavy atom. The van der Waals surface area contributed by atoms with Gasteiger partial charge < -0.3 is 10.2 Å². The van der Waals surface area contributed by atoms with Gasteiger partial charge in [-0.1, -0.05) is 6.92 Å². The smallest absolute Gasteiger partial charge is 0.331 e. The topological polar surface area (TPSA) is 49.4 Å². The standard InChI is InChI=1S/C16H19F3N2O2/c1-2-13-5-3-4-10-21(13)15(23)14(22)20-12-8-6-11(7-9-12)16(17,18)19/h6-9,13H,2-5,10H2,1H3,(H,20,22). The molecule has 1 aliphatic heterocycles. The largest absolute Gasteiger partial charge is 0.416 e. The molecular weight excluding hydrogens is 309 g/mol. The van der Waals surface area contributed by atoms with Crippen LogP contribution in [0, 0.1) is 0 Å². The highest BCUT2D eigenvalue weighted by atomic mass is 19.4. The van der Waals surface area contributed by atoms with Gasteiger partial charge in [0.25, 0.3) is 0 Å². The van der Waals surface area contributed by atoms with Crippen molar-refractivity contribution in [3.05, 3.63) is 29.8 Å². The molecule has 2 rings (SSSR count). The Labute approximate surface area is 132 Å². The molecule has 1 atom stereocenters. The van der Waals surface area contributed by atoms with Crippen LogP contribution in [0.1, 0.15) is 38.2 Å². The second kappa shape index (κ2) is 7.02. The van der Waals surface area contributed by atoms with Crippen molar-refractivity contribution in [1.82, 2.24) is 4.90 Å².